The standard InChI is InChI=1S/C24H23N3O/c1-2-6-18(7-3-1)10-11-19-12-14-27(15-13-19)16-22-21-17-28-23-9-5-4-8-20(23)24(21)26-25-22/h1-12H,13-17H2,(H,25,26). The van der Waals surface area contributed by atoms with Gasteiger partial charge in [0.2, 0.25) is 0 Å². The van der Waals surface area contributed by atoms with E-state index in [1.807, 2.05) is 24.3 Å². The first-order valence-electron chi connectivity index (χ1n) is 9.79. The van der Waals surface area contributed by atoms with Crippen LogP contribution in [-0.2, 0) is 13.2 Å². The number of allylic oxidation sites excluding steroid dienone is 1. The van der Waals surface area contributed by atoms with E-state index in [4.69, 9.17) is 4.74 Å². The Hall–Kier alpha value is -3.11. The lowest BCUT2D eigenvalue weighted by Crippen LogP contribution is -2.28. The third-order valence-electron chi connectivity index (χ3n) is 5.47. The summed E-state index contributed by atoms with van der Waals surface area (Å²) in [7, 11) is 0. The lowest BCUT2D eigenvalue weighted by molar-refractivity contribution is 0.273. The van der Waals surface area contributed by atoms with E-state index < -0.39 is 0 Å². The normalized spacial score (nSPS) is 16.4. The van der Waals surface area contributed by atoms with Crippen molar-refractivity contribution in [1.82, 2.24) is 15.1 Å². The molecule has 2 aromatic carbocycles. The number of hydrogen-bond donors (Lipinski definition) is 1. The van der Waals surface area contributed by atoms with Crippen molar-refractivity contribution in [3.05, 3.63) is 89.1 Å². The largest absolute Gasteiger partial charge is 0.488 e. The maximum atomic E-state index is 5.93. The number of aromatic amines is 1. The number of nitrogens with one attached hydrogen (secondary N) is 1. The number of hydrogen-bond acceptors (Lipinski definition) is 3. The average Bonchev–Trinajstić information content (AvgIpc) is 3.17. The van der Waals surface area contributed by atoms with Gasteiger partial charge in [0.25, 0.3) is 0 Å². The van der Waals surface area contributed by atoms with Crippen molar-refractivity contribution in [2.24, 2.45) is 0 Å². The summed E-state index contributed by atoms with van der Waals surface area (Å²) < 4.78 is 5.93. The number of para-hydroxylation sites is 1. The van der Waals surface area contributed by atoms with E-state index in [-0.39, 0.29) is 0 Å². The van der Waals surface area contributed by atoms with E-state index in [1.165, 1.54) is 16.7 Å². The number of fused-ring (bicyclic) bond motifs is 3. The predicted molar refractivity (Wildman–Crippen MR) is 112 cm³/mol. The smallest absolute Gasteiger partial charge is 0.129 e. The molecule has 2 aliphatic rings. The van der Waals surface area contributed by atoms with Gasteiger partial charge in [-0.15, -0.1) is 0 Å². The molecule has 1 aromatic heterocycles. The third kappa shape index (κ3) is 3.39. The fraction of sp³-hybridized carbons (Fsp3) is 0.208. The highest BCUT2D eigenvalue weighted by atomic mass is 16.5. The SMILES string of the molecule is C(=Cc1ccccc1)C1=CCN(Cc2n[nH]c3c2COc2ccccc2-3)CC1. The predicted octanol–water partition coefficient (Wildman–Crippen LogP) is 4.81. The molecule has 1 N–H and O–H groups in total. The molecule has 3 heterocycles. The Balaban J connectivity index is 1.26. The number of rotatable bonds is 4. The first kappa shape index (κ1) is 17.0. The van der Waals surface area contributed by atoms with Gasteiger partial charge in [-0.3, -0.25) is 10.00 Å². The highest BCUT2D eigenvalue weighted by Crippen LogP contribution is 2.37. The van der Waals surface area contributed by atoms with E-state index in [2.05, 4.69) is 63.7 Å². The molecule has 0 spiro atoms. The summed E-state index contributed by atoms with van der Waals surface area (Å²) in [6.45, 7) is 3.44. The molecule has 0 unspecified atom stereocenters. The summed E-state index contributed by atoms with van der Waals surface area (Å²) in [5.74, 6) is 0.931. The third-order valence-corrected chi connectivity index (χ3v) is 5.47. The van der Waals surface area contributed by atoms with E-state index in [9.17, 15) is 0 Å². The van der Waals surface area contributed by atoms with Gasteiger partial charge in [0.15, 0.2) is 0 Å². The van der Waals surface area contributed by atoms with Crippen molar-refractivity contribution in [3.63, 3.8) is 0 Å². The Morgan fingerprint density at radius 2 is 1.89 bits per heavy atom. The fourth-order valence-electron chi connectivity index (χ4n) is 3.86. The summed E-state index contributed by atoms with van der Waals surface area (Å²) in [4.78, 5) is 2.44. The molecular weight excluding hydrogens is 346 g/mol. The molecule has 0 bridgehead atoms. The summed E-state index contributed by atoms with van der Waals surface area (Å²) in [6.07, 6.45) is 7.83. The van der Waals surface area contributed by atoms with Crippen LogP contribution in [0.15, 0.2) is 72.3 Å². The van der Waals surface area contributed by atoms with Crippen molar-refractivity contribution >= 4 is 6.08 Å². The molecule has 28 heavy (non-hydrogen) atoms. The zero-order chi connectivity index (χ0) is 18.8. The van der Waals surface area contributed by atoms with E-state index in [0.29, 0.717) is 6.61 Å². The van der Waals surface area contributed by atoms with Gasteiger partial charge in [-0.2, -0.15) is 5.10 Å². The number of ether oxygens (including phenoxy) is 1. The van der Waals surface area contributed by atoms with Gasteiger partial charge in [0.1, 0.15) is 12.4 Å². The molecule has 0 fully saturated rings. The molecule has 140 valence electrons. The zero-order valence-electron chi connectivity index (χ0n) is 15.8. The van der Waals surface area contributed by atoms with Crippen LogP contribution in [0.25, 0.3) is 17.3 Å². The Morgan fingerprint density at radius 1 is 1.04 bits per heavy atom. The molecule has 0 amide bonds. The summed E-state index contributed by atoms with van der Waals surface area (Å²) in [5.41, 5.74) is 7.15. The first-order chi connectivity index (χ1) is 13.9. The molecule has 3 aromatic rings. The molecule has 4 heteroatoms. The summed E-state index contributed by atoms with van der Waals surface area (Å²) in [5, 5.41) is 7.84. The van der Waals surface area contributed by atoms with E-state index in [1.54, 1.807) is 0 Å². The highest BCUT2D eigenvalue weighted by Gasteiger charge is 2.24. The Morgan fingerprint density at radius 3 is 2.75 bits per heavy atom. The van der Waals surface area contributed by atoms with Crippen LogP contribution in [0.1, 0.15) is 23.2 Å². The highest BCUT2D eigenvalue weighted by molar-refractivity contribution is 5.72. The maximum Gasteiger partial charge on any atom is 0.129 e. The minimum Gasteiger partial charge on any atom is -0.488 e. The van der Waals surface area contributed by atoms with Crippen LogP contribution in [0.5, 0.6) is 5.75 Å². The van der Waals surface area contributed by atoms with Gasteiger partial charge in [-0.05, 0) is 29.7 Å². The lowest BCUT2D eigenvalue weighted by Gasteiger charge is -2.25. The average molecular weight is 369 g/mol. The van der Waals surface area contributed by atoms with Gasteiger partial charge in [-0.1, -0.05) is 60.7 Å². The second-order valence-electron chi connectivity index (χ2n) is 7.32. The molecule has 0 radical (unpaired) electrons. The van der Waals surface area contributed by atoms with Gasteiger partial charge in [-0.25, -0.2) is 0 Å². The number of aromatic nitrogens is 2. The molecule has 2 aliphatic heterocycles. The quantitative estimate of drug-likeness (QED) is 0.717. The summed E-state index contributed by atoms with van der Waals surface area (Å²) in [6, 6.07) is 18.6. The Kier molecular flexibility index (Phi) is 4.55. The van der Waals surface area contributed by atoms with Crippen molar-refractivity contribution < 1.29 is 4.74 Å². The minimum absolute atomic E-state index is 0.590. The molecule has 0 atom stereocenters. The molecule has 0 saturated heterocycles. The van der Waals surface area contributed by atoms with Gasteiger partial charge >= 0.3 is 0 Å². The fourth-order valence-corrected chi connectivity index (χ4v) is 3.86. The van der Waals surface area contributed by atoms with Crippen molar-refractivity contribution in [2.45, 2.75) is 19.6 Å². The Labute approximate surface area is 165 Å². The second kappa shape index (κ2) is 7.49. The second-order valence-corrected chi connectivity index (χ2v) is 7.32. The number of benzene rings is 2. The van der Waals surface area contributed by atoms with Crippen molar-refractivity contribution in [1.29, 1.82) is 0 Å². The molecule has 4 nitrogen and oxygen atoms in total. The van der Waals surface area contributed by atoms with Crippen molar-refractivity contribution in [3.8, 4) is 17.0 Å². The Bertz CT molecular complexity index is 1030. The molecule has 5 rings (SSSR count). The van der Waals surface area contributed by atoms with Gasteiger partial charge in [0, 0.05) is 30.8 Å². The van der Waals surface area contributed by atoms with E-state index in [0.717, 1.165) is 48.8 Å². The zero-order valence-corrected chi connectivity index (χ0v) is 15.8. The maximum absolute atomic E-state index is 5.93. The van der Waals surface area contributed by atoms with Gasteiger partial charge < -0.3 is 4.74 Å². The topological polar surface area (TPSA) is 41.2 Å². The van der Waals surface area contributed by atoms with Crippen LogP contribution in [0, 0.1) is 0 Å². The number of H-pyrrole nitrogens is 1. The van der Waals surface area contributed by atoms with Crippen LogP contribution < -0.4 is 4.74 Å². The van der Waals surface area contributed by atoms with E-state index >= 15 is 0 Å². The first-order valence-corrected chi connectivity index (χ1v) is 9.79. The van der Waals surface area contributed by atoms with Crippen LogP contribution in [-0.4, -0.2) is 28.2 Å². The van der Waals surface area contributed by atoms with Gasteiger partial charge in [0.05, 0.1) is 11.4 Å². The molecule has 0 aliphatic carbocycles. The lowest BCUT2D eigenvalue weighted by atomic mass is 10.0. The molecule has 0 saturated carbocycles. The minimum atomic E-state index is 0.590. The monoisotopic (exact) mass is 369 g/mol. The molecular formula is C24H23N3O. The van der Waals surface area contributed by atoms with Crippen LogP contribution in [0.3, 0.4) is 0 Å². The summed E-state index contributed by atoms with van der Waals surface area (Å²) >= 11 is 0. The van der Waals surface area contributed by atoms with Crippen molar-refractivity contribution in [2.75, 3.05) is 13.1 Å². The van der Waals surface area contributed by atoms with Crippen LogP contribution in [0.4, 0.5) is 0 Å². The van der Waals surface area contributed by atoms with Crippen LogP contribution in [0.2, 0.25) is 0 Å². The van der Waals surface area contributed by atoms with Crippen LogP contribution >= 0.6 is 0 Å². The number of nitrogens with zero attached hydrogens (tertiary/aromatic N) is 2.